The molecule has 2 aliphatic rings. The van der Waals surface area contributed by atoms with Crippen LogP contribution in [0.2, 0.25) is 0 Å². The first-order chi connectivity index (χ1) is 33.5. The number of nitrogens with zero attached hydrogens (tertiary/aromatic N) is 1. The van der Waals surface area contributed by atoms with Crippen molar-refractivity contribution in [2.75, 3.05) is 4.90 Å². The molecule has 0 amide bonds. The molecule has 2 nitrogen and oxygen atoms in total. The maximum absolute atomic E-state index is 8.47. The van der Waals surface area contributed by atoms with Crippen molar-refractivity contribution in [3.63, 3.8) is 0 Å². The lowest BCUT2D eigenvalue weighted by Crippen LogP contribution is -2.28. The smallest absolute Gasteiger partial charge is 0.133 e. The number of benzene rings is 10. The lowest BCUT2D eigenvalue weighted by molar-refractivity contribution is 0.616. The van der Waals surface area contributed by atoms with Crippen molar-refractivity contribution in [2.45, 2.75) is 10.8 Å². The second kappa shape index (κ2) is 15.1. The molecule has 66 heavy (non-hydrogen) atoms. The summed E-state index contributed by atoms with van der Waals surface area (Å²) >= 11 is 0. The van der Waals surface area contributed by atoms with Crippen molar-refractivity contribution >= 4 is 28.0 Å². The number of anilines is 3. The molecule has 2 aliphatic carbocycles. The van der Waals surface area contributed by atoms with Gasteiger partial charge in [-0.25, -0.2) is 0 Å². The molecule has 2 heteroatoms. The number of hydrogen-bond donors (Lipinski definition) is 0. The largest absolute Gasteiger partial charge is 0.464 e. The first-order valence-electron chi connectivity index (χ1n) is 23.7. The Bertz CT molecular complexity index is 3620. The molecule has 11 aromatic rings. The molecule has 0 N–H and O–H groups in total. The summed E-state index contributed by atoms with van der Waals surface area (Å²) in [5.41, 5.74) is 19.4. The Hall–Kier alpha value is -8.46. The van der Waals surface area contributed by atoms with Crippen LogP contribution in [-0.2, 0) is 10.8 Å². The van der Waals surface area contributed by atoms with E-state index in [0.717, 1.165) is 28.2 Å². The summed E-state index contributed by atoms with van der Waals surface area (Å²) in [5, 5.41) is 0.637. The van der Waals surface area contributed by atoms with Crippen molar-refractivity contribution in [3.8, 4) is 33.4 Å². The SMILES string of the molecule is [2H]c1oc2ccc(-c3ccc(N(c4ccc5c(c4)-c4ccccc4C5(c4ccccc4)c4ccccc4)c4ccc5c(c4)C(c4ccccc4)(c4ccccc4)c4ccccc4-5)cc3)cc2c1[2H]. The van der Waals surface area contributed by atoms with Crippen LogP contribution in [0, 0.1) is 0 Å². The van der Waals surface area contributed by atoms with Crippen LogP contribution in [0.4, 0.5) is 17.1 Å². The first-order valence-corrected chi connectivity index (χ1v) is 22.7. The minimum absolute atomic E-state index is 0.104. The van der Waals surface area contributed by atoms with Crippen molar-refractivity contribution in [3.05, 3.63) is 306 Å². The van der Waals surface area contributed by atoms with Crippen LogP contribution in [0.5, 0.6) is 0 Å². The topological polar surface area (TPSA) is 16.4 Å². The van der Waals surface area contributed by atoms with E-state index in [1.807, 2.05) is 18.2 Å². The molecule has 0 saturated carbocycles. The van der Waals surface area contributed by atoms with E-state index in [1.54, 1.807) is 0 Å². The molecule has 13 rings (SSSR count). The van der Waals surface area contributed by atoms with Gasteiger partial charge in [-0.1, -0.05) is 200 Å². The quantitative estimate of drug-likeness (QED) is 0.152. The number of rotatable bonds is 8. The Labute approximate surface area is 388 Å². The Kier molecular flexibility index (Phi) is 8.21. The van der Waals surface area contributed by atoms with Gasteiger partial charge in [0.1, 0.15) is 6.95 Å². The van der Waals surface area contributed by atoms with E-state index >= 15 is 0 Å². The van der Waals surface area contributed by atoms with Crippen LogP contribution in [0.3, 0.4) is 0 Å². The normalized spacial score (nSPS) is 14.1. The molecule has 10 aromatic carbocycles. The fraction of sp³-hybridized carbons (Fsp3) is 0.0312. The van der Waals surface area contributed by atoms with Crippen molar-refractivity contribution in [2.24, 2.45) is 0 Å². The van der Waals surface area contributed by atoms with E-state index in [2.05, 4.69) is 235 Å². The van der Waals surface area contributed by atoms with Gasteiger partial charge in [0.05, 0.1) is 18.4 Å². The molecular weight excluding hydrogens is 799 g/mol. The van der Waals surface area contributed by atoms with Crippen LogP contribution >= 0.6 is 0 Å². The van der Waals surface area contributed by atoms with Gasteiger partial charge >= 0.3 is 0 Å². The number of fused-ring (bicyclic) bond motifs is 7. The minimum atomic E-state index is -0.566. The third-order valence-corrected chi connectivity index (χ3v) is 14.2. The lowest BCUT2D eigenvalue weighted by Gasteiger charge is -2.35. The van der Waals surface area contributed by atoms with Gasteiger partial charge in [0.25, 0.3) is 0 Å². The van der Waals surface area contributed by atoms with Gasteiger partial charge < -0.3 is 9.32 Å². The van der Waals surface area contributed by atoms with Gasteiger partial charge in [-0.05, 0) is 132 Å². The summed E-state index contributed by atoms with van der Waals surface area (Å²) in [6, 6.07) is 90.5. The van der Waals surface area contributed by atoms with Gasteiger partial charge in [-0.3, -0.25) is 0 Å². The summed E-state index contributed by atoms with van der Waals surface area (Å²) in [7, 11) is 0. The van der Waals surface area contributed by atoms with E-state index in [0.29, 0.717) is 11.0 Å². The number of hydrogen-bond acceptors (Lipinski definition) is 2. The highest BCUT2D eigenvalue weighted by Gasteiger charge is 2.48. The second-order valence-corrected chi connectivity index (χ2v) is 17.4. The second-order valence-electron chi connectivity index (χ2n) is 17.4. The Morgan fingerprint density at radius 3 is 1.36 bits per heavy atom. The fourth-order valence-corrected chi connectivity index (χ4v) is 11.4. The van der Waals surface area contributed by atoms with Crippen LogP contribution in [0.25, 0.3) is 44.3 Å². The average molecular weight is 844 g/mol. The van der Waals surface area contributed by atoms with Crippen LogP contribution < -0.4 is 4.90 Å². The summed E-state index contributed by atoms with van der Waals surface area (Å²) in [4.78, 5) is 2.41. The molecule has 0 saturated heterocycles. The van der Waals surface area contributed by atoms with Crippen LogP contribution in [-0.4, -0.2) is 0 Å². The Balaban J connectivity index is 1.05. The van der Waals surface area contributed by atoms with Crippen molar-refractivity contribution < 1.29 is 7.16 Å². The Morgan fingerprint density at radius 1 is 0.333 bits per heavy atom. The van der Waals surface area contributed by atoms with E-state index in [-0.39, 0.29) is 12.3 Å². The molecule has 310 valence electrons. The van der Waals surface area contributed by atoms with E-state index < -0.39 is 10.8 Å². The molecule has 0 atom stereocenters. The van der Waals surface area contributed by atoms with Gasteiger partial charge in [-0.15, -0.1) is 0 Å². The first kappa shape index (κ1) is 35.9. The lowest BCUT2D eigenvalue weighted by atomic mass is 9.67. The highest BCUT2D eigenvalue weighted by molar-refractivity contribution is 5.93. The molecule has 0 radical (unpaired) electrons. The molecule has 0 spiro atoms. The molecule has 0 unspecified atom stereocenters. The minimum Gasteiger partial charge on any atom is -0.464 e. The summed E-state index contributed by atoms with van der Waals surface area (Å²) in [6.45, 7) is 0. The van der Waals surface area contributed by atoms with E-state index in [9.17, 15) is 0 Å². The third-order valence-electron chi connectivity index (χ3n) is 14.2. The number of furan rings is 1. The molecule has 0 aliphatic heterocycles. The fourth-order valence-electron chi connectivity index (χ4n) is 11.4. The van der Waals surface area contributed by atoms with Crippen molar-refractivity contribution in [1.29, 1.82) is 0 Å². The standard InChI is InChI=1S/C64H43NO/c1-5-17-47(18-6-1)63(48-19-7-2-8-20-48)59-28-16-14-26-55(59)57-42-52(35-37-60(57)63)65(51-32-29-44(30-33-51)45-31-38-62-46(41-45)39-40-66-62)53-34-36-56-54-25-13-15-27-58(54)64(61(56)43-53,49-21-9-3-10-22-49)50-23-11-4-12-24-50/h1-43H/i39D,40D. The molecule has 0 fully saturated rings. The maximum atomic E-state index is 8.47. The van der Waals surface area contributed by atoms with E-state index in [1.165, 1.54) is 66.8 Å². The third kappa shape index (κ3) is 5.55. The highest BCUT2D eigenvalue weighted by Crippen LogP contribution is 2.59. The van der Waals surface area contributed by atoms with E-state index in [4.69, 9.17) is 7.16 Å². The molecule has 1 heterocycles. The van der Waals surface area contributed by atoms with Gasteiger partial charge in [0.15, 0.2) is 0 Å². The van der Waals surface area contributed by atoms with Crippen LogP contribution in [0.1, 0.15) is 47.2 Å². The average Bonchev–Trinajstić information content (AvgIpc) is 3.99. The van der Waals surface area contributed by atoms with Crippen molar-refractivity contribution in [1.82, 2.24) is 0 Å². The van der Waals surface area contributed by atoms with Gasteiger partial charge in [0, 0.05) is 22.4 Å². The summed E-state index contributed by atoms with van der Waals surface area (Å²) in [6.07, 6.45) is -0.120. The zero-order valence-electron chi connectivity index (χ0n) is 38.0. The van der Waals surface area contributed by atoms with Gasteiger partial charge in [-0.2, -0.15) is 0 Å². The van der Waals surface area contributed by atoms with Gasteiger partial charge in [0.2, 0.25) is 0 Å². The predicted octanol–water partition coefficient (Wildman–Crippen LogP) is 16.3. The molecule has 1 aromatic heterocycles. The Morgan fingerprint density at radius 2 is 0.773 bits per heavy atom. The summed E-state index contributed by atoms with van der Waals surface area (Å²) < 4.78 is 22.1. The molecule has 0 bridgehead atoms. The maximum Gasteiger partial charge on any atom is 0.133 e. The monoisotopic (exact) mass is 843 g/mol. The molecular formula is C64H43NO. The zero-order valence-corrected chi connectivity index (χ0v) is 36.0. The summed E-state index contributed by atoms with van der Waals surface area (Å²) in [5.74, 6) is 0. The zero-order chi connectivity index (χ0) is 45.4. The predicted molar refractivity (Wildman–Crippen MR) is 271 cm³/mol. The van der Waals surface area contributed by atoms with Crippen LogP contribution in [0.15, 0.2) is 265 Å². The highest BCUT2D eigenvalue weighted by atomic mass is 16.3.